The zero-order valence-electron chi connectivity index (χ0n) is 11.4. The highest BCUT2D eigenvalue weighted by Crippen LogP contribution is 2.12. The average Bonchev–Trinajstić information content (AvgIpc) is 2.40. The van der Waals surface area contributed by atoms with Gasteiger partial charge in [0.15, 0.2) is 5.11 Å². The molecule has 1 heterocycles. The zero-order chi connectivity index (χ0) is 13.5. The first-order chi connectivity index (χ1) is 9.25. The summed E-state index contributed by atoms with van der Waals surface area (Å²) in [6.07, 6.45) is 6.09. The number of nitrogens with zero attached hydrogens (tertiary/aromatic N) is 2. The number of thiocarbonyl (C=S) groups is 1. The second kappa shape index (κ2) is 7.24. The van der Waals surface area contributed by atoms with Gasteiger partial charge in [-0.15, -0.1) is 0 Å². The van der Waals surface area contributed by atoms with E-state index in [9.17, 15) is 0 Å². The minimum absolute atomic E-state index is 0.550. The van der Waals surface area contributed by atoms with E-state index in [4.69, 9.17) is 12.2 Å². The molecule has 1 aromatic carbocycles. The van der Waals surface area contributed by atoms with Gasteiger partial charge in [-0.25, -0.2) is 4.99 Å². The number of likely N-dealkylation sites (tertiary alicyclic amines) is 1. The van der Waals surface area contributed by atoms with Crippen LogP contribution in [-0.2, 0) is 0 Å². The van der Waals surface area contributed by atoms with Crippen molar-refractivity contribution in [2.75, 3.05) is 18.9 Å². The SMILES string of the molecule is CN1CCCCCCC1=NC(=S)Nc1ccccc1. The summed E-state index contributed by atoms with van der Waals surface area (Å²) in [4.78, 5) is 6.81. The summed E-state index contributed by atoms with van der Waals surface area (Å²) in [5, 5.41) is 3.71. The van der Waals surface area contributed by atoms with Crippen LogP contribution in [-0.4, -0.2) is 29.4 Å². The first-order valence-electron chi connectivity index (χ1n) is 6.90. The quantitative estimate of drug-likeness (QED) is 0.792. The molecule has 3 nitrogen and oxygen atoms in total. The van der Waals surface area contributed by atoms with Crippen LogP contribution in [0, 0.1) is 0 Å². The molecule has 1 saturated heterocycles. The fraction of sp³-hybridized carbons (Fsp3) is 0.467. The standard InChI is InChI=1S/C15H21N3S/c1-18-12-8-3-2-7-11-14(18)17-15(19)16-13-9-5-4-6-10-13/h4-6,9-10H,2-3,7-8,11-12H2,1H3,(H,16,19). The molecule has 4 heteroatoms. The average molecular weight is 275 g/mol. The maximum absolute atomic E-state index is 5.32. The predicted molar refractivity (Wildman–Crippen MR) is 85.8 cm³/mol. The van der Waals surface area contributed by atoms with Gasteiger partial charge >= 0.3 is 0 Å². The molecule has 0 atom stereocenters. The summed E-state index contributed by atoms with van der Waals surface area (Å²) in [6.45, 7) is 1.08. The maximum Gasteiger partial charge on any atom is 0.198 e. The molecule has 1 N–H and O–H groups in total. The van der Waals surface area contributed by atoms with Crippen molar-refractivity contribution in [1.82, 2.24) is 4.90 Å². The zero-order valence-corrected chi connectivity index (χ0v) is 12.2. The minimum atomic E-state index is 0.550. The summed E-state index contributed by atoms with van der Waals surface area (Å²) in [5.41, 5.74) is 0.991. The van der Waals surface area contributed by atoms with Crippen molar-refractivity contribution in [3.05, 3.63) is 30.3 Å². The van der Waals surface area contributed by atoms with Crippen LogP contribution < -0.4 is 5.32 Å². The fourth-order valence-corrected chi connectivity index (χ4v) is 2.46. The summed E-state index contributed by atoms with van der Waals surface area (Å²) in [6, 6.07) is 9.95. The number of aliphatic imine (C=N–C) groups is 1. The van der Waals surface area contributed by atoms with Crippen molar-refractivity contribution in [3.63, 3.8) is 0 Å². The van der Waals surface area contributed by atoms with Gasteiger partial charge in [0.05, 0.1) is 0 Å². The molecule has 0 amide bonds. The van der Waals surface area contributed by atoms with E-state index in [2.05, 4.69) is 22.3 Å². The second-order valence-electron chi connectivity index (χ2n) is 4.91. The van der Waals surface area contributed by atoms with Gasteiger partial charge in [-0.05, 0) is 37.2 Å². The van der Waals surface area contributed by atoms with E-state index in [1.54, 1.807) is 0 Å². The van der Waals surface area contributed by atoms with E-state index in [0.717, 1.165) is 24.5 Å². The van der Waals surface area contributed by atoms with E-state index in [0.29, 0.717) is 5.11 Å². The molecule has 0 radical (unpaired) electrons. The molecule has 1 aliphatic rings. The number of hydrogen-bond donors (Lipinski definition) is 1. The highest BCUT2D eigenvalue weighted by atomic mass is 32.1. The van der Waals surface area contributed by atoms with Crippen LogP contribution in [0.4, 0.5) is 5.69 Å². The van der Waals surface area contributed by atoms with Gasteiger partial charge in [0.2, 0.25) is 0 Å². The summed E-state index contributed by atoms with van der Waals surface area (Å²) in [5.74, 6) is 1.10. The van der Waals surface area contributed by atoms with Gasteiger partial charge < -0.3 is 10.2 Å². The summed E-state index contributed by atoms with van der Waals surface area (Å²) in [7, 11) is 2.11. The first-order valence-corrected chi connectivity index (χ1v) is 7.31. The molecule has 1 fully saturated rings. The van der Waals surface area contributed by atoms with Crippen molar-refractivity contribution < 1.29 is 0 Å². The molecule has 0 aliphatic carbocycles. The van der Waals surface area contributed by atoms with Crippen molar-refractivity contribution in [1.29, 1.82) is 0 Å². The van der Waals surface area contributed by atoms with E-state index in [1.165, 1.54) is 25.7 Å². The van der Waals surface area contributed by atoms with Gasteiger partial charge in [0.25, 0.3) is 0 Å². The molecule has 0 saturated carbocycles. The molecular formula is C15H21N3S. The van der Waals surface area contributed by atoms with E-state index < -0.39 is 0 Å². The van der Waals surface area contributed by atoms with Gasteiger partial charge in [0.1, 0.15) is 5.84 Å². The normalized spacial score (nSPS) is 18.8. The number of rotatable bonds is 1. The Kier molecular flexibility index (Phi) is 5.33. The lowest BCUT2D eigenvalue weighted by molar-refractivity contribution is 0.440. The molecule has 2 rings (SSSR count). The Morgan fingerprint density at radius 3 is 2.68 bits per heavy atom. The van der Waals surface area contributed by atoms with E-state index >= 15 is 0 Å². The smallest absolute Gasteiger partial charge is 0.198 e. The molecule has 0 aromatic heterocycles. The van der Waals surface area contributed by atoms with Gasteiger partial charge in [-0.2, -0.15) is 0 Å². The lowest BCUT2D eigenvalue weighted by Crippen LogP contribution is -2.30. The van der Waals surface area contributed by atoms with Gasteiger partial charge in [0, 0.05) is 25.7 Å². The number of anilines is 1. The third-order valence-corrected chi connectivity index (χ3v) is 3.53. The van der Waals surface area contributed by atoms with Crippen LogP contribution in [0.15, 0.2) is 35.3 Å². The lowest BCUT2D eigenvalue weighted by Gasteiger charge is -2.24. The highest BCUT2D eigenvalue weighted by Gasteiger charge is 2.10. The predicted octanol–water partition coefficient (Wildman–Crippen LogP) is 3.68. The van der Waals surface area contributed by atoms with Crippen LogP contribution in [0.1, 0.15) is 32.1 Å². The number of hydrogen-bond acceptors (Lipinski definition) is 1. The highest BCUT2D eigenvalue weighted by molar-refractivity contribution is 7.80. The molecular weight excluding hydrogens is 254 g/mol. The Hall–Kier alpha value is -1.42. The molecule has 1 aliphatic heterocycles. The topological polar surface area (TPSA) is 27.6 Å². The molecule has 1 aromatic rings. The van der Waals surface area contributed by atoms with E-state index in [1.807, 2.05) is 30.3 Å². The monoisotopic (exact) mass is 275 g/mol. The largest absolute Gasteiger partial charge is 0.363 e. The van der Waals surface area contributed by atoms with Crippen LogP contribution in [0.3, 0.4) is 0 Å². The van der Waals surface area contributed by atoms with Crippen LogP contribution in [0.25, 0.3) is 0 Å². The van der Waals surface area contributed by atoms with Crippen LogP contribution in [0.5, 0.6) is 0 Å². The number of nitrogens with one attached hydrogen (secondary N) is 1. The maximum atomic E-state index is 5.32. The third kappa shape index (κ3) is 4.63. The van der Waals surface area contributed by atoms with Crippen molar-refractivity contribution in [2.45, 2.75) is 32.1 Å². The lowest BCUT2D eigenvalue weighted by atomic mass is 10.1. The number of amidine groups is 1. The minimum Gasteiger partial charge on any atom is -0.363 e. The van der Waals surface area contributed by atoms with Crippen LogP contribution >= 0.6 is 12.2 Å². The van der Waals surface area contributed by atoms with Gasteiger partial charge in [-0.3, -0.25) is 0 Å². The summed E-state index contributed by atoms with van der Waals surface area (Å²) < 4.78 is 0. The van der Waals surface area contributed by atoms with Gasteiger partial charge in [-0.1, -0.05) is 31.0 Å². The van der Waals surface area contributed by atoms with Crippen LogP contribution in [0.2, 0.25) is 0 Å². The molecule has 0 spiro atoms. The summed E-state index contributed by atoms with van der Waals surface area (Å²) >= 11 is 5.32. The molecule has 0 bridgehead atoms. The molecule has 102 valence electrons. The Balaban J connectivity index is 1.99. The first kappa shape index (κ1) is 14.0. The van der Waals surface area contributed by atoms with Crippen molar-refractivity contribution in [2.24, 2.45) is 4.99 Å². The Morgan fingerprint density at radius 1 is 1.16 bits per heavy atom. The van der Waals surface area contributed by atoms with Crippen molar-refractivity contribution >= 4 is 28.9 Å². The Morgan fingerprint density at radius 2 is 1.89 bits per heavy atom. The molecule has 19 heavy (non-hydrogen) atoms. The third-order valence-electron chi connectivity index (χ3n) is 3.34. The molecule has 0 unspecified atom stereocenters. The Bertz CT molecular complexity index is 442. The number of para-hydroxylation sites is 1. The second-order valence-corrected chi connectivity index (χ2v) is 5.30. The van der Waals surface area contributed by atoms with E-state index in [-0.39, 0.29) is 0 Å². The number of benzene rings is 1. The Labute approximate surface area is 120 Å². The van der Waals surface area contributed by atoms with Crippen molar-refractivity contribution in [3.8, 4) is 0 Å². The fourth-order valence-electron chi connectivity index (χ4n) is 2.24.